The van der Waals surface area contributed by atoms with Gasteiger partial charge in [0.15, 0.2) is 0 Å². The first-order valence-corrected chi connectivity index (χ1v) is 10.6. The van der Waals surface area contributed by atoms with Gasteiger partial charge in [-0.3, -0.25) is 4.79 Å². The smallest absolute Gasteiger partial charge is 0.225 e. The molecular weight excluding hydrogens is 344 g/mol. The van der Waals surface area contributed by atoms with Crippen LogP contribution in [0.25, 0.3) is 10.2 Å². The highest BCUT2D eigenvalue weighted by Gasteiger charge is 2.29. The Morgan fingerprint density at radius 2 is 1.85 bits per heavy atom. The molecule has 26 heavy (non-hydrogen) atoms. The standard InChI is InChI=1S/C20H30N4OS/c1-5-9-24(10-6-2)20(25)16-7-11-23(12-8-16)18-17-14(3)15(4)26-19(17)22-13-21-18/h13,16H,5-12H2,1-4H3. The SMILES string of the molecule is CCCN(CCC)C(=O)C1CCN(c2ncnc3sc(C)c(C)c23)CC1. The Kier molecular flexibility index (Phi) is 6.12. The van der Waals surface area contributed by atoms with Gasteiger partial charge in [-0.25, -0.2) is 9.97 Å². The van der Waals surface area contributed by atoms with Crippen molar-refractivity contribution in [3.05, 3.63) is 16.8 Å². The molecule has 1 aliphatic heterocycles. The van der Waals surface area contributed by atoms with Gasteiger partial charge < -0.3 is 9.80 Å². The molecule has 0 radical (unpaired) electrons. The average molecular weight is 375 g/mol. The van der Waals surface area contributed by atoms with Crippen molar-refractivity contribution in [2.75, 3.05) is 31.1 Å². The van der Waals surface area contributed by atoms with E-state index in [-0.39, 0.29) is 5.92 Å². The summed E-state index contributed by atoms with van der Waals surface area (Å²) in [6, 6.07) is 0. The van der Waals surface area contributed by atoms with Gasteiger partial charge in [0.05, 0.1) is 5.39 Å². The van der Waals surface area contributed by atoms with Crippen molar-refractivity contribution in [1.29, 1.82) is 0 Å². The fourth-order valence-electron chi connectivity index (χ4n) is 3.87. The topological polar surface area (TPSA) is 49.3 Å². The molecule has 0 unspecified atom stereocenters. The number of carbonyl (C=O) groups excluding carboxylic acids is 1. The number of anilines is 1. The zero-order valence-corrected chi connectivity index (χ0v) is 17.2. The Hall–Kier alpha value is -1.69. The molecule has 1 aliphatic rings. The fourth-order valence-corrected chi connectivity index (χ4v) is 4.86. The van der Waals surface area contributed by atoms with Crippen LogP contribution in [0.15, 0.2) is 6.33 Å². The van der Waals surface area contributed by atoms with Gasteiger partial charge >= 0.3 is 0 Å². The third-order valence-corrected chi connectivity index (χ3v) is 6.50. The molecule has 1 fully saturated rings. The number of hydrogen-bond donors (Lipinski definition) is 0. The van der Waals surface area contributed by atoms with Crippen molar-refractivity contribution in [3.8, 4) is 0 Å². The number of piperidine rings is 1. The van der Waals surface area contributed by atoms with E-state index >= 15 is 0 Å². The maximum Gasteiger partial charge on any atom is 0.225 e. The lowest BCUT2D eigenvalue weighted by molar-refractivity contribution is -0.136. The number of nitrogens with zero attached hydrogens (tertiary/aromatic N) is 4. The molecule has 142 valence electrons. The molecule has 0 bridgehead atoms. The number of aromatic nitrogens is 2. The molecule has 1 saturated heterocycles. The number of aryl methyl sites for hydroxylation is 2. The summed E-state index contributed by atoms with van der Waals surface area (Å²) in [5.41, 5.74) is 1.29. The van der Waals surface area contributed by atoms with Crippen LogP contribution in [0.1, 0.15) is 50.0 Å². The van der Waals surface area contributed by atoms with E-state index in [4.69, 9.17) is 0 Å². The van der Waals surface area contributed by atoms with Crippen LogP contribution in [0.2, 0.25) is 0 Å². The molecular formula is C20H30N4OS. The first-order chi connectivity index (χ1) is 12.6. The highest BCUT2D eigenvalue weighted by atomic mass is 32.1. The van der Waals surface area contributed by atoms with Crippen LogP contribution in [0, 0.1) is 19.8 Å². The summed E-state index contributed by atoms with van der Waals surface area (Å²) >= 11 is 1.74. The summed E-state index contributed by atoms with van der Waals surface area (Å²) in [4.78, 5) is 28.7. The number of fused-ring (bicyclic) bond motifs is 1. The molecule has 0 atom stereocenters. The van der Waals surface area contributed by atoms with Crippen LogP contribution in [-0.2, 0) is 4.79 Å². The molecule has 0 aromatic carbocycles. The first-order valence-electron chi connectivity index (χ1n) is 9.81. The number of carbonyl (C=O) groups is 1. The lowest BCUT2D eigenvalue weighted by atomic mass is 9.94. The highest BCUT2D eigenvalue weighted by Crippen LogP contribution is 2.35. The number of thiophene rings is 1. The summed E-state index contributed by atoms with van der Waals surface area (Å²) in [7, 11) is 0. The van der Waals surface area contributed by atoms with E-state index in [9.17, 15) is 4.79 Å². The van der Waals surface area contributed by atoms with Gasteiger partial charge in [-0.1, -0.05) is 13.8 Å². The van der Waals surface area contributed by atoms with Gasteiger partial charge in [-0.15, -0.1) is 11.3 Å². The summed E-state index contributed by atoms with van der Waals surface area (Å²) in [6.45, 7) is 12.1. The Morgan fingerprint density at radius 1 is 1.19 bits per heavy atom. The molecule has 1 amide bonds. The van der Waals surface area contributed by atoms with E-state index < -0.39 is 0 Å². The van der Waals surface area contributed by atoms with Gasteiger partial charge in [0.2, 0.25) is 5.91 Å². The van der Waals surface area contributed by atoms with Crippen molar-refractivity contribution in [1.82, 2.24) is 14.9 Å². The van der Waals surface area contributed by atoms with E-state index in [1.807, 2.05) is 0 Å². The maximum atomic E-state index is 12.9. The normalized spacial score (nSPS) is 15.6. The zero-order chi connectivity index (χ0) is 18.7. The van der Waals surface area contributed by atoms with Crippen molar-refractivity contribution in [2.45, 2.75) is 53.4 Å². The second-order valence-electron chi connectivity index (χ2n) is 7.25. The third-order valence-electron chi connectivity index (χ3n) is 5.39. The Bertz CT molecular complexity index is 759. The monoisotopic (exact) mass is 374 g/mol. The Labute approximate surface area is 160 Å². The number of amides is 1. The number of rotatable bonds is 6. The van der Waals surface area contributed by atoms with E-state index in [0.717, 1.165) is 62.5 Å². The van der Waals surface area contributed by atoms with Crippen LogP contribution in [0.5, 0.6) is 0 Å². The van der Waals surface area contributed by atoms with Crippen molar-refractivity contribution in [2.24, 2.45) is 5.92 Å². The number of hydrogen-bond acceptors (Lipinski definition) is 5. The van der Waals surface area contributed by atoms with E-state index in [1.54, 1.807) is 17.7 Å². The first kappa shape index (κ1) is 19.1. The molecule has 2 aromatic rings. The highest BCUT2D eigenvalue weighted by molar-refractivity contribution is 7.18. The largest absolute Gasteiger partial charge is 0.356 e. The summed E-state index contributed by atoms with van der Waals surface area (Å²) in [5.74, 6) is 1.55. The molecule has 0 aliphatic carbocycles. The molecule has 2 aromatic heterocycles. The fraction of sp³-hybridized carbons (Fsp3) is 0.650. The maximum absolute atomic E-state index is 12.9. The second-order valence-corrected chi connectivity index (χ2v) is 8.45. The van der Waals surface area contributed by atoms with E-state index in [2.05, 4.69) is 47.5 Å². The molecule has 0 N–H and O–H groups in total. The minimum Gasteiger partial charge on any atom is -0.356 e. The zero-order valence-electron chi connectivity index (χ0n) is 16.4. The van der Waals surface area contributed by atoms with Crippen LogP contribution in [0.4, 0.5) is 5.82 Å². The van der Waals surface area contributed by atoms with Gasteiger partial charge in [0, 0.05) is 37.0 Å². The predicted octanol–water partition coefficient (Wildman–Crippen LogP) is 4.17. The van der Waals surface area contributed by atoms with Crippen LogP contribution < -0.4 is 4.90 Å². The second kappa shape index (κ2) is 8.33. The van der Waals surface area contributed by atoms with Gasteiger partial charge in [-0.05, 0) is 45.1 Å². The quantitative estimate of drug-likeness (QED) is 0.761. The van der Waals surface area contributed by atoms with Crippen LogP contribution in [-0.4, -0.2) is 47.0 Å². The molecule has 5 nitrogen and oxygen atoms in total. The van der Waals surface area contributed by atoms with E-state index in [0.29, 0.717) is 5.91 Å². The average Bonchev–Trinajstić information content (AvgIpc) is 2.95. The van der Waals surface area contributed by atoms with Crippen molar-refractivity contribution >= 4 is 33.3 Å². The molecule has 0 saturated carbocycles. The lowest BCUT2D eigenvalue weighted by Crippen LogP contribution is -2.43. The van der Waals surface area contributed by atoms with Gasteiger partial charge in [0.1, 0.15) is 17.0 Å². The summed E-state index contributed by atoms with van der Waals surface area (Å²) in [6.07, 6.45) is 5.56. The van der Waals surface area contributed by atoms with Crippen LogP contribution >= 0.6 is 11.3 Å². The molecule has 3 rings (SSSR count). The third kappa shape index (κ3) is 3.70. The van der Waals surface area contributed by atoms with Crippen LogP contribution in [0.3, 0.4) is 0 Å². The predicted molar refractivity (Wildman–Crippen MR) is 109 cm³/mol. The lowest BCUT2D eigenvalue weighted by Gasteiger charge is -2.35. The molecule has 3 heterocycles. The van der Waals surface area contributed by atoms with Gasteiger partial charge in [-0.2, -0.15) is 0 Å². The van der Waals surface area contributed by atoms with E-state index in [1.165, 1.54) is 15.8 Å². The van der Waals surface area contributed by atoms with Crippen molar-refractivity contribution in [3.63, 3.8) is 0 Å². The Morgan fingerprint density at radius 3 is 2.46 bits per heavy atom. The van der Waals surface area contributed by atoms with Crippen molar-refractivity contribution < 1.29 is 4.79 Å². The molecule has 6 heteroatoms. The summed E-state index contributed by atoms with van der Waals surface area (Å²) < 4.78 is 0. The minimum atomic E-state index is 0.159. The minimum absolute atomic E-state index is 0.159. The molecule has 0 spiro atoms. The summed E-state index contributed by atoms with van der Waals surface area (Å²) in [5, 5.41) is 1.19. The Balaban J connectivity index is 1.72. The van der Waals surface area contributed by atoms with Gasteiger partial charge in [0.25, 0.3) is 0 Å².